The van der Waals surface area contributed by atoms with E-state index in [9.17, 15) is 9.90 Å². The zero-order valence-corrected chi connectivity index (χ0v) is 15.2. The minimum atomic E-state index is -1.08. The Balaban J connectivity index is 2.06. The Hall–Kier alpha value is -2.37. The van der Waals surface area contributed by atoms with E-state index in [0.717, 1.165) is 16.5 Å². The first kappa shape index (κ1) is 17.1. The van der Waals surface area contributed by atoms with Crippen LogP contribution in [0.4, 0.5) is 0 Å². The van der Waals surface area contributed by atoms with Gasteiger partial charge in [0.05, 0.1) is 27.5 Å². The number of rotatable bonds is 3. The number of H-pyrrole nitrogens is 1. The Bertz CT molecular complexity index is 1030. The van der Waals surface area contributed by atoms with Gasteiger partial charge in [0.15, 0.2) is 0 Å². The topological polar surface area (TPSA) is 78.9 Å². The summed E-state index contributed by atoms with van der Waals surface area (Å²) in [5, 5.41) is 18.3. The standard InChI is InChI=1S/C19H15Cl2N3O2/c20-14-5-4-12-13(11-9-22-23-10-11)8-15(24-17(12)16(14)21)19(18(25)26)6-2-1-3-7-19/h1-2,4-5,8-10H,3,6-7H2,(H,22,23)(H,25,26). The fraction of sp³-hybridized carbons (Fsp3) is 0.211. The molecule has 0 bridgehead atoms. The van der Waals surface area contributed by atoms with Crippen molar-refractivity contribution in [2.24, 2.45) is 0 Å². The Kier molecular flexibility index (Phi) is 4.21. The second kappa shape index (κ2) is 6.41. The second-order valence-electron chi connectivity index (χ2n) is 6.40. The van der Waals surface area contributed by atoms with Gasteiger partial charge >= 0.3 is 5.97 Å². The number of allylic oxidation sites excluding steroid dienone is 2. The SMILES string of the molecule is O=C(O)C1(c2cc(-c3cn[nH]c3)c3ccc(Cl)c(Cl)c3n2)CC=CCC1. The van der Waals surface area contributed by atoms with Crippen molar-refractivity contribution in [2.75, 3.05) is 0 Å². The number of aromatic amines is 1. The molecule has 0 spiro atoms. The molecule has 2 heterocycles. The minimum Gasteiger partial charge on any atom is -0.481 e. The van der Waals surface area contributed by atoms with Gasteiger partial charge in [-0.25, -0.2) is 4.98 Å². The summed E-state index contributed by atoms with van der Waals surface area (Å²) in [5.74, 6) is -0.884. The van der Waals surface area contributed by atoms with Crippen molar-refractivity contribution in [1.82, 2.24) is 15.2 Å². The minimum absolute atomic E-state index is 0.322. The number of hydrogen-bond acceptors (Lipinski definition) is 3. The van der Waals surface area contributed by atoms with Crippen molar-refractivity contribution in [3.05, 3.63) is 58.5 Å². The largest absolute Gasteiger partial charge is 0.481 e. The third kappa shape index (κ3) is 2.59. The molecule has 2 N–H and O–H groups in total. The van der Waals surface area contributed by atoms with Crippen LogP contribution in [0.1, 0.15) is 25.0 Å². The monoisotopic (exact) mass is 387 g/mol. The maximum Gasteiger partial charge on any atom is 0.316 e. The quantitative estimate of drug-likeness (QED) is 0.620. The van der Waals surface area contributed by atoms with Crippen LogP contribution >= 0.6 is 23.2 Å². The van der Waals surface area contributed by atoms with Crippen molar-refractivity contribution in [3.8, 4) is 11.1 Å². The highest BCUT2D eigenvalue weighted by atomic mass is 35.5. The maximum atomic E-state index is 12.2. The molecule has 0 aliphatic heterocycles. The van der Waals surface area contributed by atoms with Gasteiger partial charge < -0.3 is 5.11 Å². The van der Waals surface area contributed by atoms with Crippen LogP contribution < -0.4 is 0 Å². The molecule has 0 saturated carbocycles. The van der Waals surface area contributed by atoms with E-state index < -0.39 is 11.4 Å². The third-order valence-electron chi connectivity index (χ3n) is 4.95. The zero-order chi connectivity index (χ0) is 18.3. The first-order valence-corrected chi connectivity index (χ1v) is 8.95. The number of carboxylic acids is 1. The molecule has 1 unspecified atom stereocenters. The molecule has 1 atom stereocenters. The molecule has 4 rings (SSSR count). The lowest BCUT2D eigenvalue weighted by Crippen LogP contribution is -2.37. The summed E-state index contributed by atoms with van der Waals surface area (Å²) in [6, 6.07) is 5.40. The Labute approximate surface area is 159 Å². The number of nitrogens with zero attached hydrogens (tertiary/aromatic N) is 2. The van der Waals surface area contributed by atoms with Crippen molar-refractivity contribution >= 4 is 40.1 Å². The lowest BCUT2D eigenvalue weighted by atomic mass is 9.73. The van der Waals surface area contributed by atoms with E-state index in [1.165, 1.54) is 0 Å². The molecule has 1 aliphatic carbocycles. The predicted octanol–water partition coefficient (Wildman–Crippen LogP) is 4.99. The molecule has 1 aromatic carbocycles. The van der Waals surface area contributed by atoms with Crippen molar-refractivity contribution < 1.29 is 9.90 Å². The summed E-state index contributed by atoms with van der Waals surface area (Å²) in [6.07, 6.45) is 8.93. The number of benzene rings is 1. The molecule has 0 saturated heterocycles. The average molecular weight is 388 g/mol. The third-order valence-corrected chi connectivity index (χ3v) is 5.75. The highest BCUT2D eigenvalue weighted by Crippen LogP contribution is 2.41. The number of halogens is 2. The summed E-state index contributed by atoms with van der Waals surface area (Å²) in [6.45, 7) is 0. The molecule has 0 fully saturated rings. The Morgan fingerprint density at radius 2 is 2.12 bits per heavy atom. The molecule has 3 aromatic rings. The Morgan fingerprint density at radius 3 is 2.77 bits per heavy atom. The number of carbonyl (C=O) groups is 1. The summed E-state index contributed by atoms with van der Waals surface area (Å²) in [5.41, 5.74) is 1.58. The summed E-state index contributed by atoms with van der Waals surface area (Å²) in [7, 11) is 0. The van der Waals surface area contributed by atoms with E-state index >= 15 is 0 Å². The summed E-state index contributed by atoms with van der Waals surface area (Å²) >= 11 is 12.6. The van der Waals surface area contributed by atoms with E-state index in [1.54, 1.807) is 18.5 Å². The van der Waals surface area contributed by atoms with Crippen LogP contribution in [0.15, 0.2) is 42.7 Å². The number of carboxylic acid groups (broad SMARTS) is 1. The van der Waals surface area contributed by atoms with Gasteiger partial charge in [0, 0.05) is 17.1 Å². The van der Waals surface area contributed by atoms with E-state index in [4.69, 9.17) is 23.2 Å². The number of hydrogen-bond donors (Lipinski definition) is 2. The fourth-order valence-corrected chi connectivity index (χ4v) is 3.85. The van der Waals surface area contributed by atoms with Crippen LogP contribution in [0.3, 0.4) is 0 Å². The first-order chi connectivity index (χ1) is 12.5. The lowest BCUT2D eigenvalue weighted by molar-refractivity contribution is -0.144. The number of pyridine rings is 1. The van der Waals surface area contributed by atoms with E-state index in [0.29, 0.717) is 40.5 Å². The molecule has 1 aliphatic rings. The van der Waals surface area contributed by atoms with Gasteiger partial charge in [-0.1, -0.05) is 41.4 Å². The smallest absolute Gasteiger partial charge is 0.316 e. The Morgan fingerprint density at radius 1 is 1.27 bits per heavy atom. The van der Waals surface area contributed by atoms with Gasteiger partial charge in [-0.3, -0.25) is 9.89 Å². The van der Waals surface area contributed by atoms with Gasteiger partial charge in [-0.05, 0) is 37.0 Å². The van der Waals surface area contributed by atoms with Gasteiger partial charge in [0.1, 0.15) is 5.41 Å². The first-order valence-electron chi connectivity index (χ1n) is 8.20. The van der Waals surface area contributed by atoms with Gasteiger partial charge in [0.25, 0.3) is 0 Å². The highest BCUT2D eigenvalue weighted by molar-refractivity contribution is 6.45. The molecule has 26 heavy (non-hydrogen) atoms. The highest BCUT2D eigenvalue weighted by Gasteiger charge is 2.42. The second-order valence-corrected chi connectivity index (χ2v) is 7.19. The molecular formula is C19H15Cl2N3O2. The fourth-order valence-electron chi connectivity index (χ4n) is 3.49. The number of aliphatic carboxylic acids is 1. The van der Waals surface area contributed by atoms with Crippen LogP contribution in [0.25, 0.3) is 22.0 Å². The molecule has 132 valence electrons. The lowest BCUT2D eigenvalue weighted by Gasteiger charge is -2.30. The van der Waals surface area contributed by atoms with Gasteiger partial charge in [-0.2, -0.15) is 5.10 Å². The maximum absolute atomic E-state index is 12.2. The van der Waals surface area contributed by atoms with Crippen LogP contribution in [0.5, 0.6) is 0 Å². The molecule has 5 nitrogen and oxygen atoms in total. The van der Waals surface area contributed by atoms with Crippen LogP contribution in [0.2, 0.25) is 10.0 Å². The normalized spacial score (nSPS) is 19.8. The van der Waals surface area contributed by atoms with E-state index in [1.807, 2.05) is 24.3 Å². The van der Waals surface area contributed by atoms with E-state index in [2.05, 4.69) is 15.2 Å². The van der Waals surface area contributed by atoms with Crippen molar-refractivity contribution in [3.63, 3.8) is 0 Å². The van der Waals surface area contributed by atoms with Crippen molar-refractivity contribution in [2.45, 2.75) is 24.7 Å². The van der Waals surface area contributed by atoms with Crippen LogP contribution in [0, 0.1) is 0 Å². The van der Waals surface area contributed by atoms with Gasteiger partial charge in [0.2, 0.25) is 0 Å². The molecule has 0 amide bonds. The van der Waals surface area contributed by atoms with Crippen molar-refractivity contribution in [1.29, 1.82) is 0 Å². The molecule has 7 heteroatoms. The van der Waals surface area contributed by atoms with Crippen LogP contribution in [-0.2, 0) is 10.2 Å². The van der Waals surface area contributed by atoms with Gasteiger partial charge in [-0.15, -0.1) is 0 Å². The predicted molar refractivity (Wildman–Crippen MR) is 102 cm³/mol. The molecular weight excluding hydrogens is 373 g/mol. The summed E-state index contributed by atoms with van der Waals surface area (Å²) < 4.78 is 0. The van der Waals surface area contributed by atoms with Crippen LogP contribution in [-0.4, -0.2) is 26.3 Å². The number of fused-ring (bicyclic) bond motifs is 1. The summed E-state index contributed by atoms with van der Waals surface area (Å²) in [4.78, 5) is 16.9. The molecule has 2 aromatic heterocycles. The molecule has 0 radical (unpaired) electrons. The number of aromatic nitrogens is 3. The van der Waals surface area contributed by atoms with E-state index in [-0.39, 0.29) is 0 Å². The zero-order valence-electron chi connectivity index (χ0n) is 13.7. The number of nitrogens with one attached hydrogen (secondary N) is 1. The average Bonchev–Trinajstić information content (AvgIpc) is 3.19.